The molecule has 0 aromatic carbocycles. The Morgan fingerprint density at radius 2 is 0.762 bits per heavy atom. The number of carbonyl (C=O) groups excluding carboxylic acids is 1. The summed E-state index contributed by atoms with van der Waals surface area (Å²) in [6.07, 6.45) is 53.5. The lowest BCUT2D eigenvalue weighted by atomic mass is 9.97. The third kappa shape index (κ3) is 39.3. The van der Waals surface area contributed by atoms with Crippen LogP contribution in [0.5, 0.6) is 0 Å². The number of carbonyl (C=O) groups is 1. The molecule has 12 unspecified atom stereocenters. The molecule has 2 aliphatic heterocycles. The highest BCUT2D eigenvalue weighted by Gasteiger charge is 2.51. The summed E-state index contributed by atoms with van der Waals surface area (Å²) < 4.78 is 22.8. The van der Waals surface area contributed by atoms with Crippen molar-refractivity contribution in [1.29, 1.82) is 0 Å². The van der Waals surface area contributed by atoms with Crippen molar-refractivity contribution in [2.75, 3.05) is 19.8 Å². The van der Waals surface area contributed by atoms with Crippen LogP contribution in [-0.2, 0) is 23.7 Å². The van der Waals surface area contributed by atoms with E-state index in [2.05, 4.69) is 43.5 Å². The Morgan fingerprint density at radius 1 is 0.417 bits per heavy atom. The highest BCUT2D eigenvalue weighted by Crippen LogP contribution is 2.30. The second kappa shape index (κ2) is 55.3. The first-order valence-electron chi connectivity index (χ1n) is 35.2. The van der Waals surface area contributed by atoms with Crippen LogP contribution in [0.25, 0.3) is 0 Å². The van der Waals surface area contributed by atoms with Gasteiger partial charge in [-0.15, -0.1) is 0 Å². The van der Waals surface area contributed by atoms with Crippen LogP contribution in [0.15, 0.2) is 36.5 Å². The van der Waals surface area contributed by atoms with Crippen LogP contribution in [-0.4, -0.2) is 140 Å². The molecule has 494 valence electrons. The molecule has 0 aromatic heterocycles. The van der Waals surface area contributed by atoms with Gasteiger partial charge >= 0.3 is 0 Å². The molecule has 0 spiro atoms. The summed E-state index contributed by atoms with van der Waals surface area (Å²) in [5.41, 5.74) is 0. The minimum absolute atomic E-state index is 0.247. The molecule has 2 rings (SSSR count). The van der Waals surface area contributed by atoms with E-state index in [4.69, 9.17) is 18.9 Å². The average molecular weight is 1190 g/mol. The molecule has 2 fully saturated rings. The molecule has 0 saturated carbocycles. The van der Waals surface area contributed by atoms with Gasteiger partial charge in [0.1, 0.15) is 48.8 Å². The maximum absolute atomic E-state index is 13.3. The lowest BCUT2D eigenvalue weighted by Crippen LogP contribution is -2.65. The van der Waals surface area contributed by atoms with E-state index in [0.29, 0.717) is 12.8 Å². The molecule has 0 bridgehead atoms. The van der Waals surface area contributed by atoms with Crippen LogP contribution < -0.4 is 5.32 Å². The molecule has 2 heterocycles. The van der Waals surface area contributed by atoms with Gasteiger partial charge in [0.25, 0.3) is 0 Å². The Morgan fingerprint density at radius 3 is 1.17 bits per heavy atom. The maximum Gasteiger partial charge on any atom is 0.220 e. The lowest BCUT2D eigenvalue weighted by molar-refractivity contribution is -0.359. The zero-order valence-electron chi connectivity index (χ0n) is 53.7. The van der Waals surface area contributed by atoms with E-state index in [1.165, 1.54) is 231 Å². The van der Waals surface area contributed by atoms with Gasteiger partial charge in [-0.3, -0.25) is 4.79 Å². The number of amides is 1. The summed E-state index contributed by atoms with van der Waals surface area (Å²) >= 11 is 0. The molecule has 14 nitrogen and oxygen atoms in total. The minimum atomic E-state index is -1.79. The molecule has 1 amide bonds. The van der Waals surface area contributed by atoms with Crippen molar-refractivity contribution in [2.45, 2.75) is 383 Å². The molecule has 0 aromatic rings. The van der Waals surface area contributed by atoms with Crippen molar-refractivity contribution in [3.63, 3.8) is 0 Å². The van der Waals surface area contributed by atoms with E-state index in [1.54, 1.807) is 6.08 Å². The highest BCUT2D eigenvalue weighted by atomic mass is 16.7. The van der Waals surface area contributed by atoms with E-state index in [1.807, 2.05) is 6.08 Å². The van der Waals surface area contributed by atoms with Crippen molar-refractivity contribution in [3.8, 4) is 0 Å². The number of unbranched alkanes of at least 4 members (excludes halogenated alkanes) is 41. The summed E-state index contributed by atoms with van der Waals surface area (Å²) in [5.74, 6) is -0.247. The van der Waals surface area contributed by atoms with Crippen LogP contribution in [0.2, 0.25) is 0 Å². The first-order chi connectivity index (χ1) is 41.1. The minimum Gasteiger partial charge on any atom is -0.394 e. The molecular weight excluding hydrogens is 1060 g/mol. The van der Waals surface area contributed by atoms with Crippen molar-refractivity contribution < 1.29 is 64.6 Å². The van der Waals surface area contributed by atoms with Gasteiger partial charge in [0, 0.05) is 6.42 Å². The van der Waals surface area contributed by atoms with Gasteiger partial charge in [0.15, 0.2) is 12.6 Å². The highest BCUT2D eigenvalue weighted by molar-refractivity contribution is 5.76. The van der Waals surface area contributed by atoms with Gasteiger partial charge in [-0.1, -0.05) is 294 Å². The molecule has 0 radical (unpaired) electrons. The molecule has 9 N–H and O–H groups in total. The van der Waals surface area contributed by atoms with E-state index in [9.17, 15) is 45.6 Å². The van der Waals surface area contributed by atoms with Crippen molar-refractivity contribution in [3.05, 3.63) is 36.5 Å². The summed E-state index contributed by atoms with van der Waals surface area (Å²) in [4.78, 5) is 13.3. The average Bonchev–Trinajstić information content (AvgIpc) is 3.64. The molecular formula is C70H131NO13. The Labute approximate surface area is 512 Å². The summed E-state index contributed by atoms with van der Waals surface area (Å²) in [7, 11) is 0. The summed E-state index contributed by atoms with van der Waals surface area (Å²) in [5, 5.41) is 87.4. The predicted octanol–water partition coefficient (Wildman–Crippen LogP) is 14.1. The van der Waals surface area contributed by atoms with Crippen LogP contribution >= 0.6 is 0 Å². The Kier molecular flexibility index (Phi) is 51.5. The third-order valence-corrected chi connectivity index (χ3v) is 17.3. The quantitative estimate of drug-likeness (QED) is 0.0204. The van der Waals surface area contributed by atoms with Crippen molar-refractivity contribution in [1.82, 2.24) is 5.32 Å². The van der Waals surface area contributed by atoms with Crippen LogP contribution in [0.1, 0.15) is 309 Å². The zero-order valence-corrected chi connectivity index (χ0v) is 53.7. The van der Waals surface area contributed by atoms with Crippen LogP contribution in [0.4, 0.5) is 0 Å². The number of allylic oxidation sites excluding steroid dienone is 5. The van der Waals surface area contributed by atoms with Gasteiger partial charge in [0.2, 0.25) is 5.91 Å². The number of hydrogen-bond acceptors (Lipinski definition) is 13. The van der Waals surface area contributed by atoms with E-state index < -0.39 is 86.8 Å². The smallest absolute Gasteiger partial charge is 0.220 e. The second-order valence-corrected chi connectivity index (χ2v) is 25.0. The zero-order chi connectivity index (χ0) is 60.9. The second-order valence-electron chi connectivity index (χ2n) is 25.0. The topological polar surface area (TPSA) is 228 Å². The van der Waals surface area contributed by atoms with Crippen molar-refractivity contribution in [2.24, 2.45) is 0 Å². The number of rotatable bonds is 58. The largest absolute Gasteiger partial charge is 0.394 e. The van der Waals surface area contributed by atoms with Gasteiger partial charge in [-0.25, -0.2) is 0 Å². The predicted molar refractivity (Wildman–Crippen MR) is 341 cm³/mol. The number of nitrogens with one attached hydrogen (secondary N) is 1. The Balaban J connectivity index is 1.71. The Bertz CT molecular complexity index is 1550. The van der Waals surface area contributed by atoms with E-state index in [0.717, 1.165) is 44.9 Å². The summed E-state index contributed by atoms with van der Waals surface area (Å²) in [6, 6.07) is -0.937. The summed E-state index contributed by atoms with van der Waals surface area (Å²) in [6.45, 7) is 2.83. The normalized spacial score (nSPS) is 23.8. The molecule has 2 saturated heterocycles. The van der Waals surface area contributed by atoms with Gasteiger partial charge in [0.05, 0.1) is 32.0 Å². The number of aliphatic hydroxyl groups excluding tert-OH is 8. The Hall–Kier alpha value is -1.79. The van der Waals surface area contributed by atoms with Crippen LogP contribution in [0, 0.1) is 0 Å². The molecule has 0 aliphatic carbocycles. The first kappa shape index (κ1) is 78.3. The van der Waals surface area contributed by atoms with E-state index >= 15 is 0 Å². The fourth-order valence-electron chi connectivity index (χ4n) is 11.7. The monoisotopic (exact) mass is 1190 g/mol. The number of hydrogen-bond donors (Lipinski definition) is 9. The maximum atomic E-state index is 13.3. The SMILES string of the molecule is CCCCCCCCCCCCCCCCCCCC/C=C/CC/C=C/CC/C=C/C(O)C(COC1OC(CO)C(OC2OC(CO)C(O)C(O)C2O)C(O)C1O)NC(=O)CCCCCCCCCCCCCCCCCCCCCCCC. The van der Waals surface area contributed by atoms with Crippen molar-refractivity contribution >= 4 is 5.91 Å². The molecule has 84 heavy (non-hydrogen) atoms. The van der Waals surface area contributed by atoms with Crippen LogP contribution in [0.3, 0.4) is 0 Å². The number of aliphatic hydroxyl groups is 8. The van der Waals surface area contributed by atoms with E-state index in [-0.39, 0.29) is 18.9 Å². The third-order valence-electron chi connectivity index (χ3n) is 17.3. The fraction of sp³-hybridized carbons (Fsp3) is 0.900. The molecule has 2 aliphatic rings. The molecule has 12 atom stereocenters. The van der Waals surface area contributed by atoms with Gasteiger partial charge in [-0.05, 0) is 44.9 Å². The molecule has 14 heteroatoms. The fourth-order valence-corrected chi connectivity index (χ4v) is 11.7. The number of ether oxygens (including phenoxy) is 4. The van der Waals surface area contributed by atoms with Gasteiger partial charge in [-0.2, -0.15) is 0 Å². The van der Waals surface area contributed by atoms with Gasteiger partial charge < -0.3 is 65.1 Å². The standard InChI is InChI=1S/C70H131NO13/c1-3-5-7-9-11-13-15-17-19-21-23-25-27-28-29-30-31-32-33-35-37-39-41-43-45-47-49-51-53-59(74)58(57-81-69-67(80)65(78)68(61(56-73)83-69)84-70-66(79)64(77)63(76)60(55-72)82-70)71-62(75)54-52-50-48-46-44-42-40-38-36-34-26-24-22-20-18-16-14-12-10-8-6-4-2/h35,37,43,45,51,53,58-61,63-70,72-74,76-80H,3-34,36,38-42,44,46-50,52,54-57H2,1-2H3,(H,71,75)/b37-35+,45-43+,53-51+. The first-order valence-corrected chi connectivity index (χ1v) is 35.2. The lowest BCUT2D eigenvalue weighted by Gasteiger charge is -2.46.